The largest absolute Gasteiger partial charge is 0.484 e. The molecule has 0 aliphatic rings. The summed E-state index contributed by atoms with van der Waals surface area (Å²) in [5.74, 6) is -0.811. The highest BCUT2D eigenvalue weighted by atomic mass is 16.5. The Balaban J connectivity index is 1.97. The number of carbonyl (C=O) groups excluding carboxylic acids is 1. The molecule has 1 aromatic heterocycles. The van der Waals surface area contributed by atoms with Crippen molar-refractivity contribution in [2.24, 2.45) is 0 Å². The zero-order chi connectivity index (χ0) is 18.9. The first kappa shape index (κ1) is 19.5. The maximum Gasteiger partial charge on any atom is 0.336 e. The van der Waals surface area contributed by atoms with Gasteiger partial charge in [-0.3, -0.25) is 9.59 Å². The molecule has 2 N–H and O–H groups in total. The van der Waals surface area contributed by atoms with E-state index in [9.17, 15) is 14.4 Å². The van der Waals surface area contributed by atoms with E-state index in [0.29, 0.717) is 17.8 Å². The van der Waals surface area contributed by atoms with Gasteiger partial charge in [0.05, 0.1) is 0 Å². The van der Waals surface area contributed by atoms with Crippen molar-refractivity contribution >= 4 is 22.8 Å². The number of fused-ring (bicyclic) bond motifs is 1. The van der Waals surface area contributed by atoms with Gasteiger partial charge in [0.25, 0.3) is 5.91 Å². The summed E-state index contributed by atoms with van der Waals surface area (Å²) in [6.45, 7) is 2.17. The van der Waals surface area contributed by atoms with Crippen molar-refractivity contribution in [1.29, 1.82) is 0 Å². The molecule has 140 valence electrons. The molecule has 0 atom stereocenters. The van der Waals surface area contributed by atoms with Gasteiger partial charge in [0.15, 0.2) is 6.61 Å². The third-order valence-electron chi connectivity index (χ3n) is 3.86. The minimum atomic E-state index is -0.897. The molecule has 2 aromatic rings. The van der Waals surface area contributed by atoms with Crippen LogP contribution in [0.1, 0.15) is 38.2 Å². The summed E-state index contributed by atoms with van der Waals surface area (Å²) in [5, 5.41) is 12.0. The van der Waals surface area contributed by atoms with E-state index in [1.807, 2.05) is 6.07 Å². The minimum absolute atomic E-state index is 0.00517. The van der Waals surface area contributed by atoms with Gasteiger partial charge in [-0.1, -0.05) is 13.3 Å². The Morgan fingerprint density at radius 2 is 2.04 bits per heavy atom. The van der Waals surface area contributed by atoms with Crippen LogP contribution in [0.25, 0.3) is 11.0 Å². The summed E-state index contributed by atoms with van der Waals surface area (Å²) in [7, 11) is 0. The molecule has 0 spiro atoms. The molecule has 0 aliphatic carbocycles. The molecule has 1 amide bonds. The number of rotatable bonds is 10. The molecule has 7 heteroatoms. The maximum absolute atomic E-state index is 11.7. The number of amides is 1. The monoisotopic (exact) mass is 361 g/mol. The molecule has 0 radical (unpaired) electrons. The van der Waals surface area contributed by atoms with Crippen LogP contribution in [0, 0.1) is 0 Å². The van der Waals surface area contributed by atoms with Crippen molar-refractivity contribution in [3.8, 4) is 5.75 Å². The number of nitrogens with one attached hydrogen (secondary N) is 1. The van der Waals surface area contributed by atoms with Crippen LogP contribution in [0.3, 0.4) is 0 Å². The van der Waals surface area contributed by atoms with Gasteiger partial charge >= 0.3 is 11.6 Å². The molecule has 1 aromatic carbocycles. The van der Waals surface area contributed by atoms with Crippen LogP contribution in [-0.2, 0) is 16.0 Å². The summed E-state index contributed by atoms with van der Waals surface area (Å²) < 4.78 is 10.7. The molecule has 0 aliphatic heterocycles. The van der Waals surface area contributed by atoms with E-state index in [1.54, 1.807) is 12.1 Å². The number of carbonyl (C=O) groups is 2. The van der Waals surface area contributed by atoms with E-state index < -0.39 is 11.6 Å². The van der Waals surface area contributed by atoms with Crippen LogP contribution in [-0.4, -0.2) is 30.1 Å². The SMILES string of the molecule is CCCCc1cc(=O)oc2cc(OCC(=O)NCCCC(=O)O)ccc12. The predicted molar refractivity (Wildman–Crippen MR) is 96.5 cm³/mol. The van der Waals surface area contributed by atoms with Crippen LogP contribution in [0.5, 0.6) is 5.75 Å². The maximum atomic E-state index is 11.7. The van der Waals surface area contributed by atoms with Crippen molar-refractivity contribution < 1.29 is 23.8 Å². The Labute approximate surface area is 151 Å². The standard InChI is InChI=1S/C19H23NO6/c1-2-3-5-13-10-19(24)26-16-11-14(7-8-15(13)16)25-12-17(21)20-9-4-6-18(22)23/h7-8,10-11H,2-6,9,12H2,1H3,(H,20,21)(H,22,23). The number of benzene rings is 1. The second kappa shape index (κ2) is 9.60. The fourth-order valence-electron chi connectivity index (χ4n) is 2.54. The van der Waals surface area contributed by atoms with Crippen molar-refractivity contribution in [1.82, 2.24) is 5.32 Å². The predicted octanol–water partition coefficient (Wildman–Crippen LogP) is 2.50. The number of unbranched alkanes of at least 4 members (excludes halogenated alkanes) is 1. The fourth-order valence-corrected chi connectivity index (χ4v) is 2.54. The second-order valence-corrected chi connectivity index (χ2v) is 5.99. The highest BCUT2D eigenvalue weighted by Crippen LogP contribution is 2.23. The number of carboxylic acid groups (broad SMARTS) is 1. The average Bonchev–Trinajstić information content (AvgIpc) is 2.60. The summed E-state index contributed by atoms with van der Waals surface area (Å²) >= 11 is 0. The zero-order valence-electron chi connectivity index (χ0n) is 14.7. The van der Waals surface area contributed by atoms with Gasteiger partial charge in [0, 0.05) is 30.5 Å². The molecule has 0 saturated carbocycles. The van der Waals surface area contributed by atoms with Crippen molar-refractivity contribution in [3.63, 3.8) is 0 Å². The lowest BCUT2D eigenvalue weighted by atomic mass is 10.0. The van der Waals surface area contributed by atoms with Crippen molar-refractivity contribution in [2.75, 3.05) is 13.2 Å². The first-order valence-corrected chi connectivity index (χ1v) is 8.67. The zero-order valence-corrected chi connectivity index (χ0v) is 14.7. The van der Waals surface area contributed by atoms with Crippen LogP contribution in [0.15, 0.2) is 33.5 Å². The molecule has 26 heavy (non-hydrogen) atoms. The van der Waals surface area contributed by atoms with E-state index in [1.165, 1.54) is 6.07 Å². The Bertz CT molecular complexity index is 826. The lowest BCUT2D eigenvalue weighted by Crippen LogP contribution is -2.29. The smallest absolute Gasteiger partial charge is 0.336 e. The molecular formula is C19H23NO6. The van der Waals surface area contributed by atoms with E-state index in [4.69, 9.17) is 14.3 Å². The quantitative estimate of drug-likeness (QED) is 0.497. The first-order valence-electron chi connectivity index (χ1n) is 8.67. The van der Waals surface area contributed by atoms with Crippen LogP contribution in [0.4, 0.5) is 0 Å². The Hall–Kier alpha value is -2.83. The number of carboxylic acids is 1. The minimum Gasteiger partial charge on any atom is -0.484 e. The summed E-state index contributed by atoms with van der Waals surface area (Å²) in [4.78, 5) is 33.8. The van der Waals surface area contributed by atoms with Gasteiger partial charge < -0.3 is 19.6 Å². The number of ether oxygens (including phenoxy) is 1. The van der Waals surface area contributed by atoms with Crippen LogP contribution >= 0.6 is 0 Å². The highest BCUT2D eigenvalue weighted by Gasteiger charge is 2.08. The normalized spacial score (nSPS) is 10.7. The molecule has 1 heterocycles. The number of aliphatic carboxylic acids is 1. The van der Waals surface area contributed by atoms with Gasteiger partial charge in [0.1, 0.15) is 11.3 Å². The summed E-state index contributed by atoms with van der Waals surface area (Å²) in [5.41, 5.74) is 0.973. The van der Waals surface area contributed by atoms with E-state index >= 15 is 0 Å². The number of aryl methyl sites for hydroxylation is 1. The average molecular weight is 361 g/mol. The Morgan fingerprint density at radius 3 is 2.77 bits per heavy atom. The van der Waals surface area contributed by atoms with Crippen LogP contribution in [0.2, 0.25) is 0 Å². The van der Waals surface area contributed by atoms with Crippen molar-refractivity contribution in [2.45, 2.75) is 39.0 Å². The summed E-state index contributed by atoms with van der Waals surface area (Å²) in [6, 6.07) is 6.67. The molecule has 0 fully saturated rings. The second-order valence-electron chi connectivity index (χ2n) is 5.99. The Morgan fingerprint density at radius 1 is 1.23 bits per heavy atom. The molecular weight excluding hydrogens is 338 g/mol. The third kappa shape index (κ3) is 5.91. The lowest BCUT2D eigenvalue weighted by molar-refractivity contribution is -0.137. The van der Waals surface area contributed by atoms with Gasteiger partial charge in [-0.25, -0.2) is 4.79 Å². The molecule has 0 saturated heterocycles. The lowest BCUT2D eigenvalue weighted by Gasteiger charge is -2.09. The molecule has 0 unspecified atom stereocenters. The van der Waals surface area contributed by atoms with Crippen LogP contribution < -0.4 is 15.7 Å². The van der Waals surface area contributed by atoms with Gasteiger partial charge in [0.2, 0.25) is 0 Å². The van der Waals surface area contributed by atoms with Gasteiger partial charge in [-0.2, -0.15) is 0 Å². The topological polar surface area (TPSA) is 106 Å². The van der Waals surface area contributed by atoms with E-state index in [2.05, 4.69) is 12.2 Å². The van der Waals surface area contributed by atoms with E-state index in [-0.39, 0.29) is 25.5 Å². The van der Waals surface area contributed by atoms with E-state index in [0.717, 1.165) is 30.2 Å². The Kier molecular flexibility index (Phi) is 7.20. The molecule has 7 nitrogen and oxygen atoms in total. The highest BCUT2D eigenvalue weighted by molar-refractivity contribution is 5.82. The van der Waals surface area contributed by atoms with Gasteiger partial charge in [-0.05, 0) is 37.0 Å². The molecule has 2 rings (SSSR count). The summed E-state index contributed by atoms with van der Waals surface area (Å²) in [6.07, 6.45) is 3.19. The molecule has 0 bridgehead atoms. The third-order valence-corrected chi connectivity index (χ3v) is 3.86. The fraction of sp³-hybridized carbons (Fsp3) is 0.421. The number of hydrogen-bond donors (Lipinski definition) is 2. The first-order chi connectivity index (χ1) is 12.5. The van der Waals surface area contributed by atoms with Crippen molar-refractivity contribution in [3.05, 3.63) is 40.2 Å². The number of hydrogen-bond acceptors (Lipinski definition) is 5. The van der Waals surface area contributed by atoms with Gasteiger partial charge in [-0.15, -0.1) is 0 Å².